The van der Waals surface area contributed by atoms with E-state index in [9.17, 15) is 0 Å². The molecule has 0 amide bonds. The van der Waals surface area contributed by atoms with Crippen LogP contribution in [0, 0.1) is 6.54 Å². The van der Waals surface area contributed by atoms with Gasteiger partial charge in [0.2, 0.25) is 0 Å². The predicted molar refractivity (Wildman–Crippen MR) is 60.3 cm³/mol. The molecule has 0 rings (SSSR count). The molecule has 1 heteroatoms. The number of quaternary nitrogens is 1. The molecule has 0 N–H and O–H groups in total. The molecule has 0 spiro atoms. The molecular weight excluding hydrogens is 158 g/mol. The minimum Gasteiger partial charge on any atom is -0.455 e. The van der Waals surface area contributed by atoms with E-state index in [1.54, 1.807) is 0 Å². The molecule has 0 aromatic heterocycles. The number of rotatable bonds is 8. The molecule has 0 aliphatic rings. The summed E-state index contributed by atoms with van der Waals surface area (Å²) in [7, 11) is 0. The van der Waals surface area contributed by atoms with Gasteiger partial charge in [-0.15, -0.1) is 13.0 Å². The highest BCUT2D eigenvalue weighted by Gasteiger charge is 2.10. The van der Waals surface area contributed by atoms with Gasteiger partial charge >= 0.3 is 0 Å². The molecule has 80 valence electrons. The topological polar surface area (TPSA) is 0 Å². The summed E-state index contributed by atoms with van der Waals surface area (Å²) in [6.45, 7) is 15.4. The van der Waals surface area contributed by atoms with E-state index in [0.717, 1.165) is 0 Å². The molecule has 0 aromatic rings. The fourth-order valence-corrected chi connectivity index (χ4v) is 1.82. The van der Waals surface area contributed by atoms with Gasteiger partial charge in [0.15, 0.2) is 0 Å². The SMILES string of the molecule is CCCCC[CH-][N+](CC)(CC)CC. The Morgan fingerprint density at radius 3 is 1.77 bits per heavy atom. The Bertz CT molecular complexity index is 97.4. The molecule has 0 saturated heterocycles. The lowest BCUT2D eigenvalue weighted by atomic mass is 10.2. The second-order valence-corrected chi connectivity index (χ2v) is 3.85. The summed E-state index contributed by atoms with van der Waals surface area (Å²) >= 11 is 0. The van der Waals surface area contributed by atoms with Gasteiger partial charge in [-0.1, -0.05) is 26.2 Å². The van der Waals surface area contributed by atoms with Crippen LogP contribution in [0.1, 0.15) is 53.4 Å². The fourth-order valence-electron chi connectivity index (χ4n) is 1.82. The summed E-state index contributed by atoms with van der Waals surface area (Å²) in [6.07, 6.45) is 5.38. The van der Waals surface area contributed by atoms with Crippen LogP contribution in [0.2, 0.25) is 0 Å². The van der Waals surface area contributed by atoms with Crippen LogP contribution in [0.25, 0.3) is 0 Å². The number of hydrogen-bond acceptors (Lipinski definition) is 0. The van der Waals surface area contributed by atoms with E-state index < -0.39 is 0 Å². The van der Waals surface area contributed by atoms with Gasteiger partial charge in [-0.25, -0.2) is 0 Å². The lowest BCUT2D eigenvalue weighted by Crippen LogP contribution is -2.44. The van der Waals surface area contributed by atoms with E-state index in [1.807, 2.05) is 0 Å². The quantitative estimate of drug-likeness (QED) is 0.308. The number of nitrogens with zero attached hydrogens (tertiary/aromatic N) is 1. The lowest BCUT2D eigenvalue weighted by Gasteiger charge is -2.45. The van der Waals surface area contributed by atoms with Crippen molar-refractivity contribution in [3.63, 3.8) is 0 Å². The Hall–Kier alpha value is -0.0400. The first kappa shape index (κ1) is 13.0. The molecule has 0 radical (unpaired) electrons. The van der Waals surface area contributed by atoms with Gasteiger partial charge in [0, 0.05) is 0 Å². The van der Waals surface area contributed by atoms with E-state index in [0.29, 0.717) is 0 Å². The van der Waals surface area contributed by atoms with Crippen molar-refractivity contribution in [1.29, 1.82) is 0 Å². The Balaban J connectivity index is 3.68. The highest BCUT2D eigenvalue weighted by Crippen LogP contribution is 2.14. The maximum Gasteiger partial charge on any atom is 0.0518 e. The van der Waals surface area contributed by atoms with Crippen LogP contribution in [-0.4, -0.2) is 24.1 Å². The monoisotopic (exact) mass is 185 g/mol. The summed E-state index contributed by atoms with van der Waals surface area (Å²) < 4.78 is 1.20. The van der Waals surface area contributed by atoms with Crippen molar-refractivity contribution in [2.75, 3.05) is 19.6 Å². The van der Waals surface area contributed by atoms with Gasteiger partial charge in [0.25, 0.3) is 0 Å². The van der Waals surface area contributed by atoms with Crippen molar-refractivity contribution < 1.29 is 4.48 Å². The van der Waals surface area contributed by atoms with Crippen molar-refractivity contribution in [3.05, 3.63) is 6.54 Å². The number of unbranched alkanes of at least 4 members (excludes halogenated alkanes) is 3. The lowest BCUT2D eigenvalue weighted by molar-refractivity contribution is -0.895. The summed E-state index contributed by atoms with van der Waals surface area (Å²) in [5, 5.41) is 0. The minimum absolute atomic E-state index is 1.20. The van der Waals surface area contributed by atoms with Gasteiger partial charge in [0.1, 0.15) is 0 Å². The molecule has 0 aromatic carbocycles. The van der Waals surface area contributed by atoms with Gasteiger partial charge in [-0.2, -0.15) is 0 Å². The van der Waals surface area contributed by atoms with Gasteiger partial charge in [-0.3, -0.25) is 0 Å². The van der Waals surface area contributed by atoms with Crippen molar-refractivity contribution in [3.8, 4) is 0 Å². The Kier molecular flexibility index (Phi) is 7.35. The normalized spacial score (nSPS) is 12.0. The maximum atomic E-state index is 2.52. The fraction of sp³-hybridized carbons (Fsp3) is 0.917. The molecule has 13 heavy (non-hydrogen) atoms. The molecular formula is C12H27N. The highest BCUT2D eigenvalue weighted by molar-refractivity contribution is 4.55. The van der Waals surface area contributed by atoms with Crippen LogP contribution in [0.3, 0.4) is 0 Å². The zero-order valence-electron chi connectivity index (χ0n) is 9.97. The van der Waals surface area contributed by atoms with Crippen LogP contribution < -0.4 is 0 Å². The van der Waals surface area contributed by atoms with Crippen LogP contribution in [-0.2, 0) is 0 Å². The Morgan fingerprint density at radius 2 is 1.38 bits per heavy atom. The first-order chi connectivity index (χ1) is 6.24. The standard InChI is InChI=1S/C12H27N/c1-5-9-10-11-12-13(6-2,7-3)8-4/h12H,5-11H2,1-4H3. The Morgan fingerprint density at radius 1 is 0.846 bits per heavy atom. The van der Waals surface area contributed by atoms with E-state index in [4.69, 9.17) is 0 Å². The largest absolute Gasteiger partial charge is 0.455 e. The first-order valence-electron chi connectivity index (χ1n) is 5.94. The van der Waals surface area contributed by atoms with E-state index in [-0.39, 0.29) is 0 Å². The van der Waals surface area contributed by atoms with E-state index >= 15 is 0 Å². The van der Waals surface area contributed by atoms with E-state index in [1.165, 1.54) is 49.8 Å². The predicted octanol–water partition coefficient (Wildman–Crippen LogP) is 3.60. The zero-order valence-corrected chi connectivity index (χ0v) is 9.97. The van der Waals surface area contributed by atoms with Crippen LogP contribution in [0.4, 0.5) is 0 Å². The molecule has 0 saturated carbocycles. The van der Waals surface area contributed by atoms with Crippen molar-refractivity contribution >= 4 is 0 Å². The average Bonchev–Trinajstić information content (AvgIpc) is 2.20. The molecule has 0 fully saturated rings. The smallest absolute Gasteiger partial charge is 0.0518 e. The van der Waals surface area contributed by atoms with Crippen LogP contribution in [0.5, 0.6) is 0 Å². The third-order valence-corrected chi connectivity index (χ3v) is 3.21. The molecule has 0 unspecified atom stereocenters. The minimum atomic E-state index is 1.20. The second-order valence-electron chi connectivity index (χ2n) is 3.85. The van der Waals surface area contributed by atoms with Gasteiger partial charge in [0.05, 0.1) is 19.6 Å². The van der Waals surface area contributed by atoms with Gasteiger partial charge in [-0.05, 0) is 20.8 Å². The molecule has 0 aliphatic carbocycles. The van der Waals surface area contributed by atoms with Crippen molar-refractivity contribution in [1.82, 2.24) is 0 Å². The molecule has 0 aliphatic heterocycles. The first-order valence-corrected chi connectivity index (χ1v) is 5.94. The summed E-state index contributed by atoms with van der Waals surface area (Å²) in [6, 6.07) is 0. The molecule has 0 bridgehead atoms. The average molecular weight is 185 g/mol. The summed E-state index contributed by atoms with van der Waals surface area (Å²) in [4.78, 5) is 0. The summed E-state index contributed by atoms with van der Waals surface area (Å²) in [5.41, 5.74) is 0. The van der Waals surface area contributed by atoms with Crippen molar-refractivity contribution in [2.24, 2.45) is 0 Å². The second kappa shape index (κ2) is 7.37. The number of hydrogen-bond donors (Lipinski definition) is 0. The van der Waals surface area contributed by atoms with Crippen LogP contribution >= 0.6 is 0 Å². The molecule has 0 atom stereocenters. The summed E-state index contributed by atoms with van der Waals surface area (Å²) in [5.74, 6) is 0. The molecule has 1 nitrogen and oxygen atoms in total. The third kappa shape index (κ3) is 4.66. The highest BCUT2D eigenvalue weighted by atomic mass is 15.3. The Labute approximate surface area is 84.7 Å². The van der Waals surface area contributed by atoms with E-state index in [2.05, 4.69) is 34.2 Å². The van der Waals surface area contributed by atoms with Crippen molar-refractivity contribution in [2.45, 2.75) is 53.4 Å². The van der Waals surface area contributed by atoms with Crippen LogP contribution in [0.15, 0.2) is 0 Å². The van der Waals surface area contributed by atoms with Gasteiger partial charge < -0.3 is 4.48 Å². The molecule has 0 heterocycles. The maximum absolute atomic E-state index is 2.52. The third-order valence-electron chi connectivity index (χ3n) is 3.21. The zero-order chi connectivity index (χ0) is 10.2.